The van der Waals surface area contributed by atoms with Gasteiger partial charge >= 0.3 is 11.9 Å². The van der Waals surface area contributed by atoms with Gasteiger partial charge in [-0.2, -0.15) is 0 Å². The molecule has 0 spiro atoms. The number of epoxide rings is 1. The lowest BCUT2D eigenvalue weighted by Crippen LogP contribution is -3.12. The van der Waals surface area contributed by atoms with Crippen LogP contribution in [-0.2, 0) is 19.1 Å². The second kappa shape index (κ2) is 9.42. The van der Waals surface area contributed by atoms with Crippen molar-refractivity contribution < 1.29 is 28.6 Å². The molecule has 9 aliphatic rings. The van der Waals surface area contributed by atoms with Crippen LogP contribution in [0, 0.1) is 60.2 Å². The van der Waals surface area contributed by atoms with E-state index in [1.165, 1.54) is 25.0 Å². The van der Waals surface area contributed by atoms with Crippen LogP contribution in [0.25, 0.3) is 20.2 Å². The van der Waals surface area contributed by atoms with Gasteiger partial charge in [0.2, 0.25) is 5.91 Å². The highest BCUT2D eigenvalue weighted by molar-refractivity contribution is 7.18. The molecular weight excluding hydrogens is 727 g/mol. The maximum absolute atomic E-state index is 14.8. The smallest absolute Gasteiger partial charge is 0.308 e. The Morgan fingerprint density at radius 2 is 1.31 bits per heavy atom. The number of alkyl halides is 2. The monoisotopic (exact) mass is 760 g/mol. The van der Waals surface area contributed by atoms with E-state index in [0.29, 0.717) is 65.3 Å². The van der Waals surface area contributed by atoms with E-state index in [4.69, 9.17) is 37.4 Å². The van der Waals surface area contributed by atoms with Gasteiger partial charge in [-0.1, -0.05) is 0 Å². The fourth-order valence-corrected chi connectivity index (χ4v) is 16.1. The van der Waals surface area contributed by atoms with Crippen molar-refractivity contribution >= 4 is 95.3 Å². The molecule has 4 aromatic rings. The molecule has 5 heterocycles. The Kier molecular flexibility index (Phi) is 5.65. The zero-order chi connectivity index (χ0) is 34.8. The standard InChI is InChI=1S/C39H34Cl2N2O6S2/c1-13-11-50-33-21(47-15(3)44)5-19-25(23(13)33)17(7-40)9-42(19)36-35(49-36)38-27-30-28(38)32-29(38)31(27)39(30,32)37(46)43-10-18(8-41)26-20(43)6-22(48-16(4)45)34-24(26)14(2)12-51-34/h5-6,11-12,17-18,27-32,35-36H,7-10H2,1-4H3/t17-,18-,27?,28?,29?,30?,31?,32?,35?,36?,38?,39?/m1/s1. The molecule has 7 fully saturated rings. The van der Waals surface area contributed by atoms with E-state index in [2.05, 4.69) is 29.5 Å². The molecule has 2 aromatic heterocycles. The van der Waals surface area contributed by atoms with Crippen LogP contribution in [0.2, 0.25) is 0 Å². The molecule has 51 heavy (non-hydrogen) atoms. The first-order valence-corrected chi connectivity index (χ1v) is 20.8. The number of nitrogens with zero attached hydrogens (tertiary/aromatic N) is 2. The van der Waals surface area contributed by atoms with E-state index in [1.54, 1.807) is 22.7 Å². The summed E-state index contributed by atoms with van der Waals surface area (Å²) in [4.78, 5) is 43.4. The molecule has 0 radical (unpaired) electrons. The maximum Gasteiger partial charge on any atom is 0.308 e. The maximum atomic E-state index is 14.8. The molecule has 0 bridgehead atoms. The molecule has 8 nitrogen and oxygen atoms in total. The number of thiophene rings is 2. The molecule has 262 valence electrons. The van der Waals surface area contributed by atoms with Gasteiger partial charge in [-0.3, -0.25) is 14.4 Å². The summed E-state index contributed by atoms with van der Waals surface area (Å²) < 4.78 is 20.1. The van der Waals surface area contributed by atoms with Gasteiger partial charge in [0.05, 0.1) is 20.5 Å². The number of hydrogen-bond acceptors (Lipinski definition) is 9. The van der Waals surface area contributed by atoms with Crippen LogP contribution >= 0.6 is 45.9 Å². The summed E-state index contributed by atoms with van der Waals surface area (Å²) in [6.45, 7) is 8.42. The number of carbonyl (C=O) groups is 3. The van der Waals surface area contributed by atoms with Crippen LogP contribution in [0.3, 0.4) is 0 Å². The zero-order valence-electron chi connectivity index (χ0n) is 28.3. The van der Waals surface area contributed by atoms with Crippen LogP contribution < -0.4 is 19.3 Å². The Balaban J connectivity index is 0.841. The highest BCUT2D eigenvalue weighted by atomic mass is 35.5. The number of amides is 1. The number of carbonyl (C=O) groups excluding carboxylic acids is 3. The van der Waals surface area contributed by atoms with Gasteiger partial charge < -0.3 is 24.0 Å². The summed E-state index contributed by atoms with van der Waals surface area (Å²) in [7, 11) is 0. The SMILES string of the molecule is CC(=O)Oc1cc2c(c3c(C)csc13)[C@H](CCl)CN2C(=O)C12C3C4C1C1C2C3C41C1OC1N1C[C@@H](CCl)c2c1cc(OC(C)=O)c1scc(C)c21. The van der Waals surface area contributed by atoms with Gasteiger partial charge in [0.1, 0.15) is 6.10 Å². The number of fused-ring (bicyclic) bond motifs is 6. The number of hydrogen-bond donors (Lipinski definition) is 0. The van der Waals surface area contributed by atoms with Gasteiger partial charge in [-0.05, 0) is 82.4 Å². The first-order chi connectivity index (χ1) is 24.6. The Morgan fingerprint density at radius 3 is 1.84 bits per heavy atom. The number of halogens is 2. The minimum absolute atomic E-state index is 0.0268. The lowest BCUT2D eigenvalue weighted by atomic mass is 8.92. The fraction of sp³-hybridized carbons (Fsp3) is 0.513. The third kappa shape index (κ3) is 3.06. The molecule has 13 rings (SSSR count). The number of anilines is 2. The average molecular weight is 762 g/mol. The van der Waals surface area contributed by atoms with Crippen molar-refractivity contribution in [2.24, 2.45) is 46.3 Å². The normalized spacial score (nSPS) is 39.0. The van der Waals surface area contributed by atoms with E-state index in [-0.39, 0.29) is 52.8 Å². The molecule has 0 N–H and O–H groups in total. The molecule has 6 aliphatic carbocycles. The van der Waals surface area contributed by atoms with Crippen molar-refractivity contribution in [3.05, 3.63) is 45.1 Å². The van der Waals surface area contributed by atoms with E-state index in [1.807, 2.05) is 17.0 Å². The fourth-order valence-electron chi connectivity index (χ4n) is 13.5. The Morgan fingerprint density at radius 1 is 0.804 bits per heavy atom. The van der Waals surface area contributed by atoms with Crippen LogP contribution in [0.5, 0.6) is 11.5 Å². The number of benzene rings is 2. The topological polar surface area (TPSA) is 88.7 Å². The van der Waals surface area contributed by atoms with Crippen LogP contribution in [-0.4, -0.2) is 55.0 Å². The molecule has 2 unspecified atom stereocenters. The predicted molar refractivity (Wildman–Crippen MR) is 197 cm³/mol. The van der Waals surface area contributed by atoms with Gasteiger partial charge in [-0.15, -0.1) is 45.9 Å². The Bertz CT molecular complexity index is 2310. The molecule has 12 heteroatoms. The summed E-state index contributed by atoms with van der Waals surface area (Å²) in [6, 6.07) is 3.96. The van der Waals surface area contributed by atoms with Crippen molar-refractivity contribution in [2.75, 3.05) is 34.6 Å². The highest BCUT2D eigenvalue weighted by Crippen LogP contribution is 3.11. The van der Waals surface area contributed by atoms with Gasteiger partial charge in [-0.25, -0.2) is 0 Å². The molecule has 1 saturated heterocycles. The zero-order valence-corrected chi connectivity index (χ0v) is 31.5. The second-order valence-corrected chi connectivity index (χ2v) is 18.7. The first kappa shape index (κ1) is 30.6. The van der Waals surface area contributed by atoms with E-state index >= 15 is 0 Å². The third-order valence-electron chi connectivity index (χ3n) is 14.7. The molecule has 1 amide bonds. The third-order valence-corrected chi connectivity index (χ3v) is 17.7. The van der Waals surface area contributed by atoms with Gasteiger partial charge in [0, 0.05) is 84.5 Å². The van der Waals surface area contributed by atoms with Crippen LogP contribution in [0.4, 0.5) is 11.4 Å². The highest BCUT2D eigenvalue weighted by Gasteiger charge is 3.13. The molecular formula is C39H34Cl2N2O6S2. The summed E-state index contributed by atoms with van der Waals surface area (Å²) >= 11 is 16.4. The predicted octanol–water partition coefficient (Wildman–Crippen LogP) is 7.56. The van der Waals surface area contributed by atoms with E-state index in [9.17, 15) is 14.4 Å². The molecule has 4 atom stereocenters. The van der Waals surface area contributed by atoms with E-state index in [0.717, 1.165) is 49.2 Å². The van der Waals surface area contributed by atoms with Crippen molar-refractivity contribution in [3.63, 3.8) is 0 Å². The summed E-state index contributed by atoms with van der Waals surface area (Å²) in [5, 5.41) is 6.46. The molecule has 3 aliphatic heterocycles. The van der Waals surface area contributed by atoms with E-state index < -0.39 is 0 Å². The first-order valence-electron chi connectivity index (χ1n) is 17.9. The average Bonchev–Trinajstić information content (AvgIpc) is 3.35. The lowest BCUT2D eigenvalue weighted by molar-refractivity contribution is -0.643. The minimum Gasteiger partial charge on any atom is -0.425 e. The summed E-state index contributed by atoms with van der Waals surface area (Å²) in [5.74, 6) is 4.77. The summed E-state index contributed by atoms with van der Waals surface area (Å²) in [5.41, 5.74) is 6.55. The van der Waals surface area contributed by atoms with Crippen molar-refractivity contribution in [1.82, 2.24) is 0 Å². The Labute approximate surface area is 311 Å². The van der Waals surface area contributed by atoms with Crippen molar-refractivity contribution in [2.45, 2.75) is 51.9 Å². The second-order valence-electron chi connectivity index (χ2n) is 16.4. The van der Waals surface area contributed by atoms with Gasteiger partial charge in [0.25, 0.3) is 0 Å². The number of rotatable bonds is 7. The quantitative estimate of drug-likeness (QED) is 0.0832. The van der Waals surface area contributed by atoms with Crippen LogP contribution in [0.15, 0.2) is 22.9 Å². The van der Waals surface area contributed by atoms with Crippen molar-refractivity contribution in [1.29, 1.82) is 0 Å². The summed E-state index contributed by atoms with van der Waals surface area (Å²) in [6.07, 6.45) is 0.128. The molecule has 6 saturated carbocycles. The Hall–Kier alpha value is -2.89. The number of ether oxygens (including phenoxy) is 3. The minimum atomic E-state index is -0.366. The number of aryl methyl sites for hydroxylation is 2. The lowest BCUT2D eigenvalue weighted by Gasteiger charge is -3.10. The largest absolute Gasteiger partial charge is 0.425 e. The number of esters is 2. The van der Waals surface area contributed by atoms with Gasteiger partial charge in [0.15, 0.2) is 17.7 Å². The molecule has 2 aromatic carbocycles. The van der Waals surface area contributed by atoms with Crippen LogP contribution in [0.1, 0.15) is 47.9 Å². The van der Waals surface area contributed by atoms with Crippen molar-refractivity contribution in [3.8, 4) is 11.5 Å².